The van der Waals surface area contributed by atoms with E-state index < -0.39 is 0 Å². The van der Waals surface area contributed by atoms with Crippen LogP contribution in [0, 0.1) is 0 Å². The van der Waals surface area contributed by atoms with E-state index in [-0.39, 0.29) is 0 Å². The largest absolute Gasteiger partial charge is 0.0840 e. The van der Waals surface area contributed by atoms with Gasteiger partial charge in [0.25, 0.3) is 0 Å². The average Bonchev–Trinajstić information content (AvgIpc) is 2.16. The number of rotatable bonds is 3. The van der Waals surface area contributed by atoms with Gasteiger partial charge in [-0.15, -0.1) is 0 Å². The van der Waals surface area contributed by atoms with Crippen molar-refractivity contribution < 1.29 is 0 Å². The van der Waals surface area contributed by atoms with Gasteiger partial charge in [0.2, 0.25) is 0 Å². The molecule has 0 aromatic heterocycles. The minimum Gasteiger partial charge on any atom is -0.0840 e. The lowest BCUT2D eigenvalue weighted by atomic mass is 9.92. The Morgan fingerprint density at radius 2 is 2.00 bits per heavy atom. The normalized spacial score (nSPS) is 12.9. The third-order valence-corrected chi connectivity index (χ3v) is 2.96. The molecule has 0 fully saturated rings. The van der Waals surface area contributed by atoms with Crippen molar-refractivity contribution in [1.82, 2.24) is 0 Å². The van der Waals surface area contributed by atoms with Crippen molar-refractivity contribution in [1.29, 1.82) is 0 Å². The number of aryl methyl sites for hydroxylation is 1. The summed E-state index contributed by atoms with van der Waals surface area (Å²) in [6.45, 7) is 6.62. The second kappa shape index (κ2) is 4.66. The number of hydrogen-bond acceptors (Lipinski definition) is 0. The predicted molar refractivity (Wildman–Crippen MR) is 59.5 cm³/mol. The van der Waals surface area contributed by atoms with E-state index in [0.717, 1.165) is 17.9 Å². The van der Waals surface area contributed by atoms with Gasteiger partial charge in [-0.25, -0.2) is 0 Å². The van der Waals surface area contributed by atoms with Crippen LogP contribution in [0.2, 0.25) is 5.02 Å². The third-order valence-electron chi connectivity index (χ3n) is 2.63. The molecule has 13 heavy (non-hydrogen) atoms. The zero-order chi connectivity index (χ0) is 9.84. The first-order valence-corrected chi connectivity index (χ1v) is 5.35. The highest BCUT2D eigenvalue weighted by molar-refractivity contribution is 6.31. The Labute approximate surface area is 85.9 Å². The van der Waals surface area contributed by atoms with Crippen LogP contribution < -0.4 is 0 Å². The van der Waals surface area contributed by atoms with Gasteiger partial charge in [-0.2, -0.15) is 0 Å². The first-order valence-electron chi connectivity index (χ1n) is 4.98. The Morgan fingerprint density at radius 1 is 1.31 bits per heavy atom. The maximum atomic E-state index is 6.18. The van der Waals surface area contributed by atoms with Gasteiger partial charge in [-0.1, -0.05) is 44.5 Å². The SMILES string of the molecule is CCc1cccc(Cl)c1C(C)CC. The van der Waals surface area contributed by atoms with Crippen LogP contribution in [-0.2, 0) is 6.42 Å². The molecule has 0 N–H and O–H groups in total. The average molecular weight is 197 g/mol. The highest BCUT2D eigenvalue weighted by Crippen LogP contribution is 2.30. The van der Waals surface area contributed by atoms with Crippen LogP contribution in [0.25, 0.3) is 0 Å². The molecule has 0 saturated heterocycles. The molecule has 0 aliphatic heterocycles. The topological polar surface area (TPSA) is 0 Å². The zero-order valence-corrected chi connectivity index (χ0v) is 9.36. The molecule has 0 heterocycles. The van der Waals surface area contributed by atoms with Gasteiger partial charge in [0.05, 0.1) is 0 Å². The molecule has 0 nitrogen and oxygen atoms in total. The second-order valence-corrected chi connectivity index (χ2v) is 3.88. The lowest BCUT2D eigenvalue weighted by Gasteiger charge is -2.15. The smallest absolute Gasteiger partial charge is 0.0443 e. The Bertz CT molecular complexity index is 278. The zero-order valence-electron chi connectivity index (χ0n) is 8.60. The van der Waals surface area contributed by atoms with Crippen LogP contribution in [-0.4, -0.2) is 0 Å². The molecule has 1 atom stereocenters. The summed E-state index contributed by atoms with van der Waals surface area (Å²) in [5, 5.41) is 0.925. The van der Waals surface area contributed by atoms with Crippen LogP contribution >= 0.6 is 11.6 Å². The monoisotopic (exact) mass is 196 g/mol. The van der Waals surface area contributed by atoms with Gasteiger partial charge in [0, 0.05) is 5.02 Å². The van der Waals surface area contributed by atoms with E-state index in [4.69, 9.17) is 11.6 Å². The molecular weight excluding hydrogens is 180 g/mol. The molecule has 0 saturated carbocycles. The van der Waals surface area contributed by atoms with E-state index in [1.165, 1.54) is 11.1 Å². The lowest BCUT2D eigenvalue weighted by molar-refractivity contribution is 0.724. The third kappa shape index (κ3) is 2.25. The molecule has 0 radical (unpaired) electrons. The van der Waals surface area contributed by atoms with E-state index in [9.17, 15) is 0 Å². The molecule has 72 valence electrons. The van der Waals surface area contributed by atoms with Crippen LogP contribution in [0.5, 0.6) is 0 Å². The van der Waals surface area contributed by atoms with Crippen LogP contribution in [0.3, 0.4) is 0 Å². The number of halogens is 1. The number of hydrogen-bond donors (Lipinski definition) is 0. The molecule has 1 aromatic rings. The second-order valence-electron chi connectivity index (χ2n) is 3.48. The Morgan fingerprint density at radius 3 is 2.54 bits per heavy atom. The Balaban J connectivity index is 3.14. The highest BCUT2D eigenvalue weighted by Gasteiger charge is 2.11. The van der Waals surface area contributed by atoms with Gasteiger partial charge in [-0.3, -0.25) is 0 Å². The summed E-state index contributed by atoms with van der Waals surface area (Å²) in [6.07, 6.45) is 2.22. The summed E-state index contributed by atoms with van der Waals surface area (Å²) in [7, 11) is 0. The van der Waals surface area contributed by atoms with Gasteiger partial charge in [-0.05, 0) is 36.0 Å². The minimum atomic E-state index is 0.573. The molecule has 1 heteroatoms. The van der Waals surface area contributed by atoms with E-state index >= 15 is 0 Å². The summed E-state index contributed by atoms with van der Waals surface area (Å²) in [4.78, 5) is 0. The van der Waals surface area contributed by atoms with E-state index in [1.54, 1.807) is 0 Å². The summed E-state index contributed by atoms with van der Waals surface area (Å²) >= 11 is 6.18. The summed E-state index contributed by atoms with van der Waals surface area (Å²) in [5.41, 5.74) is 2.73. The minimum absolute atomic E-state index is 0.573. The van der Waals surface area contributed by atoms with Gasteiger partial charge < -0.3 is 0 Å². The van der Waals surface area contributed by atoms with Crippen molar-refractivity contribution in [3.05, 3.63) is 34.3 Å². The van der Waals surface area contributed by atoms with Crippen molar-refractivity contribution in [3.63, 3.8) is 0 Å². The fraction of sp³-hybridized carbons (Fsp3) is 0.500. The first kappa shape index (κ1) is 10.6. The van der Waals surface area contributed by atoms with Gasteiger partial charge >= 0.3 is 0 Å². The molecule has 0 aliphatic rings. The van der Waals surface area contributed by atoms with Crippen molar-refractivity contribution in [2.24, 2.45) is 0 Å². The van der Waals surface area contributed by atoms with Crippen molar-refractivity contribution in [2.75, 3.05) is 0 Å². The molecule has 0 bridgehead atoms. The summed E-state index contributed by atoms with van der Waals surface area (Å²) < 4.78 is 0. The summed E-state index contributed by atoms with van der Waals surface area (Å²) in [5.74, 6) is 0.573. The molecule has 1 unspecified atom stereocenters. The van der Waals surface area contributed by atoms with Gasteiger partial charge in [0.15, 0.2) is 0 Å². The molecule has 0 amide bonds. The standard InChI is InChI=1S/C12H17Cl/c1-4-9(3)12-10(5-2)7-6-8-11(12)13/h6-9H,4-5H2,1-3H3. The molecule has 1 rings (SSSR count). The maximum Gasteiger partial charge on any atom is 0.0443 e. The summed E-state index contributed by atoms with van der Waals surface area (Å²) in [6, 6.07) is 6.20. The van der Waals surface area contributed by atoms with Crippen LogP contribution in [0.1, 0.15) is 44.2 Å². The predicted octanol–water partition coefficient (Wildman–Crippen LogP) is 4.42. The fourth-order valence-corrected chi connectivity index (χ4v) is 2.03. The maximum absolute atomic E-state index is 6.18. The number of benzene rings is 1. The quantitative estimate of drug-likeness (QED) is 0.672. The van der Waals surface area contributed by atoms with Crippen molar-refractivity contribution in [2.45, 2.75) is 39.5 Å². The van der Waals surface area contributed by atoms with E-state index in [0.29, 0.717) is 5.92 Å². The highest BCUT2D eigenvalue weighted by atomic mass is 35.5. The van der Waals surface area contributed by atoms with Crippen molar-refractivity contribution in [3.8, 4) is 0 Å². The fourth-order valence-electron chi connectivity index (χ4n) is 1.65. The molecular formula is C12H17Cl. The van der Waals surface area contributed by atoms with Crippen LogP contribution in [0.15, 0.2) is 18.2 Å². The van der Waals surface area contributed by atoms with Crippen molar-refractivity contribution >= 4 is 11.6 Å². The molecule has 0 spiro atoms. The lowest BCUT2D eigenvalue weighted by Crippen LogP contribution is -1.98. The Kier molecular flexibility index (Phi) is 3.80. The van der Waals surface area contributed by atoms with Gasteiger partial charge in [0.1, 0.15) is 0 Å². The molecule has 1 aromatic carbocycles. The molecule has 0 aliphatic carbocycles. The van der Waals surface area contributed by atoms with Crippen LogP contribution in [0.4, 0.5) is 0 Å². The Hall–Kier alpha value is -0.490. The first-order chi connectivity index (χ1) is 6.20. The van der Waals surface area contributed by atoms with E-state index in [2.05, 4.69) is 26.8 Å². The van der Waals surface area contributed by atoms with E-state index in [1.807, 2.05) is 12.1 Å².